The van der Waals surface area contributed by atoms with Crippen LogP contribution in [0.5, 0.6) is 11.5 Å². The number of hydrogen-bond donors (Lipinski definition) is 0. The van der Waals surface area contributed by atoms with E-state index in [2.05, 4.69) is 4.99 Å². The molecule has 0 N–H and O–H groups in total. The van der Waals surface area contributed by atoms with Crippen molar-refractivity contribution in [1.29, 1.82) is 0 Å². The SMILES string of the molecule is COc1ccc(-c2sc(=NC(=O)c3ccc(F)cc3)n(C)c2-c2ccc(OC)cc2)cc1. The van der Waals surface area contributed by atoms with Gasteiger partial charge in [0, 0.05) is 12.6 Å². The molecule has 32 heavy (non-hydrogen) atoms. The maximum absolute atomic E-state index is 13.2. The molecule has 5 nitrogen and oxygen atoms in total. The normalized spacial score (nSPS) is 11.4. The Balaban J connectivity index is 1.87. The Hall–Kier alpha value is -3.71. The molecule has 0 atom stereocenters. The second-order valence-corrected chi connectivity index (χ2v) is 7.98. The summed E-state index contributed by atoms with van der Waals surface area (Å²) >= 11 is 1.41. The Morgan fingerprint density at radius 3 is 1.91 bits per heavy atom. The largest absolute Gasteiger partial charge is 0.497 e. The van der Waals surface area contributed by atoms with Crippen LogP contribution < -0.4 is 14.3 Å². The first-order valence-corrected chi connectivity index (χ1v) is 10.6. The van der Waals surface area contributed by atoms with Crippen LogP contribution >= 0.6 is 11.3 Å². The average molecular weight is 449 g/mol. The quantitative estimate of drug-likeness (QED) is 0.415. The molecular formula is C25H21FN2O3S. The summed E-state index contributed by atoms with van der Waals surface area (Å²) in [6, 6.07) is 20.8. The lowest BCUT2D eigenvalue weighted by molar-refractivity contribution is 0.0998. The molecule has 4 aromatic rings. The summed E-state index contributed by atoms with van der Waals surface area (Å²) in [6.07, 6.45) is 0. The number of rotatable bonds is 5. The summed E-state index contributed by atoms with van der Waals surface area (Å²) in [5.41, 5.74) is 3.20. The van der Waals surface area contributed by atoms with Gasteiger partial charge >= 0.3 is 0 Å². The molecule has 1 heterocycles. The number of ether oxygens (including phenoxy) is 2. The van der Waals surface area contributed by atoms with Gasteiger partial charge in [-0.25, -0.2) is 4.39 Å². The maximum Gasteiger partial charge on any atom is 0.279 e. The molecule has 162 valence electrons. The zero-order valence-electron chi connectivity index (χ0n) is 17.8. The number of methoxy groups -OCH3 is 2. The lowest BCUT2D eigenvalue weighted by atomic mass is 10.1. The molecule has 0 unspecified atom stereocenters. The lowest BCUT2D eigenvalue weighted by Crippen LogP contribution is -2.14. The standard InChI is InChI=1S/C25H21FN2O3S/c1-28-22(16-6-12-20(30-2)13-7-16)23(17-8-14-21(31-3)15-9-17)32-25(28)27-24(29)18-4-10-19(26)11-5-18/h4-15H,1-3H3. The number of aromatic nitrogens is 1. The third-order valence-electron chi connectivity index (χ3n) is 5.03. The molecule has 0 aliphatic rings. The molecule has 0 aliphatic carbocycles. The highest BCUT2D eigenvalue weighted by Gasteiger charge is 2.17. The van der Waals surface area contributed by atoms with Crippen LogP contribution in [0.3, 0.4) is 0 Å². The van der Waals surface area contributed by atoms with E-state index < -0.39 is 11.7 Å². The number of amides is 1. The summed E-state index contributed by atoms with van der Waals surface area (Å²) in [5.74, 6) is 0.697. The van der Waals surface area contributed by atoms with E-state index in [1.54, 1.807) is 14.2 Å². The molecule has 0 aliphatic heterocycles. The average Bonchev–Trinajstić information content (AvgIpc) is 3.15. The first kappa shape index (κ1) is 21.5. The van der Waals surface area contributed by atoms with Crippen LogP contribution in [-0.2, 0) is 7.05 Å². The predicted molar refractivity (Wildman–Crippen MR) is 124 cm³/mol. The van der Waals surface area contributed by atoms with Gasteiger partial charge in [-0.05, 0) is 83.9 Å². The maximum atomic E-state index is 13.2. The zero-order valence-corrected chi connectivity index (χ0v) is 18.7. The summed E-state index contributed by atoms with van der Waals surface area (Å²) in [5, 5.41) is 0. The Morgan fingerprint density at radius 1 is 0.844 bits per heavy atom. The fraction of sp³-hybridized carbons (Fsp3) is 0.120. The van der Waals surface area contributed by atoms with Gasteiger partial charge < -0.3 is 14.0 Å². The van der Waals surface area contributed by atoms with Gasteiger partial charge in [0.05, 0.1) is 24.8 Å². The van der Waals surface area contributed by atoms with E-state index in [4.69, 9.17) is 9.47 Å². The third-order valence-corrected chi connectivity index (χ3v) is 6.22. The van der Waals surface area contributed by atoms with E-state index in [0.29, 0.717) is 10.4 Å². The number of carbonyl (C=O) groups is 1. The molecule has 0 bridgehead atoms. The minimum Gasteiger partial charge on any atom is -0.497 e. The van der Waals surface area contributed by atoms with Crippen molar-refractivity contribution in [3.05, 3.63) is 89.0 Å². The molecule has 1 amide bonds. The van der Waals surface area contributed by atoms with Crippen molar-refractivity contribution in [2.24, 2.45) is 12.0 Å². The number of halogens is 1. The second-order valence-electron chi connectivity index (χ2n) is 7.00. The predicted octanol–water partition coefficient (Wildman–Crippen LogP) is 5.32. The van der Waals surface area contributed by atoms with Gasteiger partial charge in [-0.2, -0.15) is 4.99 Å². The summed E-state index contributed by atoms with van der Waals surface area (Å²) in [4.78, 5) is 18.5. The van der Waals surface area contributed by atoms with Gasteiger partial charge in [0.25, 0.3) is 5.91 Å². The van der Waals surface area contributed by atoms with Crippen LogP contribution in [0.25, 0.3) is 21.7 Å². The highest BCUT2D eigenvalue weighted by molar-refractivity contribution is 7.13. The van der Waals surface area contributed by atoms with Gasteiger partial charge in [-0.1, -0.05) is 11.3 Å². The van der Waals surface area contributed by atoms with E-state index >= 15 is 0 Å². The third kappa shape index (κ3) is 4.33. The van der Waals surface area contributed by atoms with Crippen LogP contribution in [0.15, 0.2) is 77.8 Å². The Kier molecular flexibility index (Phi) is 6.18. The highest BCUT2D eigenvalue weighted by atomic mass is 32.1. The van der Waals surface area contributed by atoms with Gasteiger partial charge in [-0.15, -0.1) is 0 Å². The molecule has 0 spiro atoms. The van der Waals surface area contributed by atoms with Crippen LogP contribution in [0.1, 0.15) is 10.4 Å². The van der Waals surface area contributed by atoms with Crippen molar-refractivity contribution < 1.29 is 18.7 Å². The van der Waals surface area contributed by atoms with Crippen molar-refractivity contribution >= 4 is 17.2 Å². The molecule has 0 saturated carbocycles. The molecule has 7 heteroatoms. The highest BCUT2D eigenvalue weighted by Crippen LogP contribution is 2.35. The zero-order chi connectivity index (χ0) is 22.7. The first-order valence-electron chi connectivity index (χ1n) is 9.83. The van der Waals surface area contributed by atoms with E-state index in [9.17, 15) is 9.18 Å². The molecule has 0 fully saturated rings. The van der Waals surface area contributed by atoms with Crippen molar-refractivity contribution in [1.82, 2.24) is 4.57 Å². The number of thiazole rings is 1. The molecule has 0 saturated heterocycles. The summed E-state index contributed by atoms with van der Waals surface area (Å²) in [7, 11) is 5.13. The van der Waals surface area contributed by atoms with Crippen LogP contribution in [0.2, 0.25) is 0 Å². The molecule has 0 radical (unpaired) electrons. The first-order chi connectivity index (χ1) is 15.5. The molecule has 1 aromatic heterocycles. The van der Waals surface area contributed by atoms with Gasteiger partial charge in [0.15, 0.2) is 4.80 Å². The number of benzene rings is 3. The minimum atomic E-state index is -0.426. The fourth-order valence-corrected chi connectivity index (χ4v) is 4.45. The molecular weight excluding hydrogens is 427 g/mol. The topological polar surface area (TPSA) is 52.8 Å². The van der Waals surface area contributed by atoms with Crippen molar-refractivity contribution in [2.75, 3.05) is 14.2 Å². The number of carbonyl (C=O) groups excluding carboxylic acids is 1. The van der Waals surface area contributed by atoms with Crippen LogP contribution in [0.4, 0.5) is 4.39 Å². The minimum absolute atomic E-state index is 0.330. The summed E-state index contributed by atoms with van der Waals surface area (Å²) < 4.78 is 25.7. The number of nitrogens with zero attached hydrogens (tertiary/aromatic N) is 2. The molecule has 4 rings (SSSR count). The van der Waals surface area contributed by atoms with E-state index in [1.165, 1.54) is 35.6 Å². The number of hydrogen-bond acceptors (Lipinski definition) is 4. The van der Waals surface area contributed by atoms with Gasteiger partial charge in [-0.3, -0.25) is 4.79 Å². The van der Waals surface area contributed by atoms with Gasteiger partial charge in [0.1, 0.15) is 17.3 Å². The lowest BCUT2D eigenvalue weighted by Gasteiger charge is -2.09. The Labute approximate surface area is 189 Å². The van der Waals surface area contributed by atoms with Crippen LogP contribution in [0, 0.1) is 5.82 Å². The van der Waals surface area contributed by atoms with E-state index in [1.807, 2.05) is 60.1 Å². The monoisotopic (exact) mass is 448 g/mol. The Morgan fingerprint density at radius 2 is 1.38 bits per heavy atom. The van der Waals surface area contributed by atoms with Crippen molar-refractivity contribution in [3.63, 3.8) is 0 Å². The van der Waals surface area contributed by atoms with Crippen molar-refractivity contribution in [2.45, 2.75) is 0 Å². The van der Waals surface area contributed by atoms with E-state index in [-0.39, 0.29) is 0 Å². The molecule has 3 aromatic carbocycles. The second kappa shape index (κ2) is 9.20. The van der Waals surface area contributed by atoms with Gasteiger partial charge in [0.2, 0.25) is 0 Å². The fourth-order valence-electron chi connectivity index (χ4n) is 3.31. The smallest absolute Gasteiger partial charge is 0.279 e. The van der Waals surface area contributed by atoms with E-state index in [0.717, 1.165) is 33.2 Å². The Bertz CT molecular complexity index is 1310. The summed E-state index contributed by atoms with van der Waals surface area (Å²) in [6.45, 7) is 0. The van der Waals surface area contributed by atoms with Crippen molar-refractivity contribution in [3.8, 4) is 33.2 Å². The van der Waals surface area contributed by atoms with Crippen LogP contribution in [-0.4, -0.2) is 24.7 Å².